The molecule has 1 aromatic carbocycles. The molecule has 32 heavy (non-hydrogen) atoms. The molecule has 0 radical (unpaired) electrons. The van der Waals surface area contributed by atoms with Gasteiger partial charge in [0.1, 0.15) is 11.0 Å². The van der Waals surface area contributed by atoms with E-state index in [9.17, 15) is 18.0 Å². The predicted molar refractivity (Wildman–Crippen MR) is 124 cm³/mol. The maximum atomic E-state index is 13.2. The Balaban J connectivity index is 1.60. The van der Waals surface area contributed by atoms with Crippen LogP contribution in [0, 0.1) is 6.92 Å². The molecular weight excluding hydrogens is 448 g/mol. The summed E-state index contributed by atoms with van der Waals surface area (Å²) in [5, 5.41) is 3.36. The molecule has 1 atom stereocenters. The first-order valence-corrected chi connectivity index (χ1v) is 13.3. The fraction of sp³-hybridized carbons (Fsp3) is 0.478. The second-order valence-corrected chi connectivity index (χ2v) is 11.2. The first-order chi connectivity index (χ1) is 15.3. The number of rotatable bonds is 6. The minimum Gasteiger partial charge on any atom is -0.462 e. The van der Waals surface area contributed by atoms with Gasteiger partial charge in [0.15, 0.2) is 0 Å². The van der Waals surface area contributed by atoms with Gasteiger partial charge in [0.2, 0.25) is 15.9 Å². The number of carbonyl (C=O) groups is 2. The topological polar surface area (TPSA) is 92.8 Å². The molecule has 1 N–H and O–H groups in total. The predicted octanol–water partition coefficient (Wildman–Crippen LogP) is 3.90. The molecule has 1 saturated heterocycles. The smallest absolute Gasteiger partial charge is 0.341 e. The van der Waals surface area contributed by atoms with Gasteiger partial charge in [0, 0.05) is 11.4 Å². The number of anilines is 1. The van der Waals surface area contributed by atoms with Gasteiger partial charge in [-0.3, -0.25) is 4.79 Å². The highest BCUT2D eigenvalue weighted by Gasteiger charge is 2.40. The quantitative estimate of drug-likeness (QED) is 0.638. The van der Waals surface area contributed by atoms with E-state index in [2.05, 4.69) is 5.32 Å². The minimum atomic E-state index is -3.80. The average molecular weight is 477 g/mol. The summed E-state index contributed by atoms with van der Waals surface area (Å²) in [4.78, 5) is 27.2. The van der Waals surface area contributed by atoms with E-state index in [1.54, 1.807) is 31.2 Å². The molecule has 7 nitrogen and oxygen atoms in total. The molecule has 172 valence electrons. The van der Waals surface area contributed by atoms with Crippen LogP contribution in [0.4, 0.5) is 5.00 Å². The van der Waals surface area contributed by atoms with Crippen LogP contribution in [0.5, 0.6) is 0 Å². The zero-order valence-corrected chi connectivity index (χ0v) is 20.0. The maximum absolute atomic E-state index is 13.2. The Morgan fingerprint density at radius 1 is 1.16 bits per heavy atom. The third kappa shape index (κ3) is 4.33. The molecule has 9 heteroatoms. The van der Waals surface area contributed by atoms with Gasteiger partial charge in [-0.2, -0.15) is 4.31 Å². The standard InChI is InChI=1S/C23H28N2O5S2/c1-3-30-23(27)20-17-7-4-5-9-19(17)31-22(20)24-21(26)18-8-6-14-25(18)32(28,29)16-12-10-15(2)11-13-16/h10-13,18H,3-9,14H2,1-2H3,(H,24,26). The van der Waals surface area contributed by atoms with Crippen LogP contribution >= 0.6 is 11.3 Å². The van der Waals surface area contributed by atoms with Crippen molar-refractivity contribution in [1.82, 2.24) is 4.31 Å². The Morgan fingerprint density at radius 2 is 1.88 bits per heavy atom. The summed E-state index contributed by atoms with van der Waals surface area (Å²) in [6, 6.07) is 5.84. The second-order valence-electron chi connectivity index (χ2n) is 8.21. The van der Waals surface area contributed by atoms with Gasteiger partial charge in [-0.05, 0) is 70.1 Å². The Morgan fingerprint density at radius 3 is 2.59 bits per heavy atom. The molecule has 1 fully saturated rings. The lowest BCUT2D eigenvalue weighted by Gasteiger charge is -2.23. The highest BCUT2D eigenvalue weighted by Crippen LogP contribution is 2.39. The van der Waals surface area contributed by atoms with Gasteiger partial charge < -0.3 is 10.1 Å². The van der Waals surface area contributed by atoms with E-state index in [-0.39, 0.29) is 11.5 Å². The van der Waals surface area contributed by atoms with E-state index in [0.717, 1.165) is 41.7 Å². The number of ether oxygens (including phenoxy) is 1. The van der Waals surface area contributed by atoms with Crippen molar-refractivity contribution in [2.45, 2.75) is 63.3 Å². The lowest BCUT2D eigenvalue weighted by Crippen LogP contribution is -2.43. The number of aryl methyl sites for hydroxylation is 2. The number of fused-ring (bicyclic) bond motifs is 1. The average Bonchev–Trinajstić information content (AvgIpc) is 3.39. The molecule has 0 saturated carbocycles. The number of benzene rings is 1. The van der Waals surface area contributed by atoms with E-state index < -0.39 is 27.9 Å². The zero-order valence-electron chi connectivity index (χ0n) is 18.3. The van der Waals surface area contributed by atoms with Crippen LogP contribution in [0.25, 0.3) is 0 Å². The molecule has 1 aliphatic carbocycles. The van der Waals surface area contributed by atoms with Gasteiger partial charge in [-0.25, -0.2) is 13.2 Å². The van der Waals surface area contributed by atoms with Crippen molar-refractivity contribution in [3.8, 4) is 0 Å². The molecular formula is C23H28N2O5S2. The van der Waals surface area contributed by atoms with Crippen LogP contribution in [0.3, 0.4) is 0 Å². The maximum Gasteiger partial charge on any atom is 0.341 e. The zero-order chi connectivity index (χ0) is 22.9. The molecule has 1 amide bonds. The molecule has 2 heterocycles. The Kier molecular flexibility index (Phi) is 6.69. The summed E-state index contributed by atoms with van der Waals surface area (Å²) >= 11 is 1.41. The van der Waals surface area contributed by atoms with Crippen molar-refractivity contribution in [1.29, 1.82) is 0 Å². The summed E-state index contributed by atoms with van der Waals surface area (Å²) in [5.74, 6) is -0.833. The van der Waals surface area contributed by atoms with Crippen LogP contribution < -0.4 is 5.32 Å². The number of amides is 1. The number of nitrogens with one attached hydrogen (secondary N) is 1. The molecule has 2 aliphatic rings. The minimum absolute atomic E-state index is 0.182. The van der Waals surface area contributed by atoms with E-state index in [1.165, 1.54) is 15.6 Å². The fourth-order valence-electron chi connectivity index (χ4n) is 4.40. The van der Waals surface area contributed by atoms with Gasteiger partial charge >= 0.3 is 5.97 Å². The van der Waals surface area contributed by atoms with Crippen molar-refractivity contribution in [2.24, 2.45) is 0 Å². The SMILES string of the molecule is CCOC(=O)c1c(NC(=O)C2CCCN2S(=O)(=O)c2ccc(C)cc2)sc2c1CCCC2. The molecule has 1 aliphatic heterocycles. The van der Waals surface area contributed by atoms with Crippen molar-refractivity contribution < 1.29 is 22.7 Å². The van der Waals surface area contributed by atoms with Crippen LogP contribution in [-0.4, -0.2) is 43.8 Å². The fourth-order valence-corrected chi connectivity index (χ4v) is 7.34. The molecule has 1 unspecified atom stereocenters. The van der Waals surface area contributed by atoms with E-state index in [0.29, 0.717) is 30.0 Å². The van der Waals surface area contributed by atoms with Gasteiger partial charge in [0.05, 0.1) is 17.1 Å². The lowest BCUT2D eigenvalue weighted by atomic mass is 9.95. The van der Waals surface area contributed by atoms with Crippen molar-refractivity contribution >= 4 is 38.2 Å². The third-order valence-corrected chi connectivity index (χ3v) is 9.15. The van der Waals surface area contributed by atoms with Gasteiger partial charge in [-0.1, -0.05) is 17.7 Å². The Labute approximate surface area is 192 Å². The Hall–Kier alpha value is -2.23. The Bertz CT molecular complexity index is 1120. The molecule has 0 bridgehead atoms. The first-order valence-electron chi connectivity index (χ1n) is 11.0. The number of hydrogen-bond acceptors (Lipinski definition) is 6. The molecule has 1 aromatic heterocycles. The van der Waals surface area contributed by atoms with Crippen LogP contribution in [0.2, 0.25) is 0 Å². The largest absolute Gasteiger partial charge is 0.462 e. The highest BCUT2D eigenvalue weighted by molar-refractivity contribution is 7.89. The van der Waals surface area contributed by atoms with Gasteiger partial charge in [0.25, 0.3) is 0 Å². The summed E-state index contributed by atoms with van der Waals surface area (Å²) in [7, 11) is -3.80. The summed E-state index contributed by atoms with van der Waals surface area (Å²) in [5.41, 5.74) is 2.37. The van der Waals surface area contributed by atoms with E-state index >= 15 is 0 Å². The lowest BCUT2D eigenvalue weighted by molar-refractivity contribution is -0.119. The monoisotopic (exact) mass is 476 g/mol. The van der Waals surface area contributed by atoms with Crippen molar-refractivity contribution in [3.63, 3.8) is 0 Å². The third-order valence-electron chi connectivity index (χ3n) is 6.02. The van der Waals surface area contributed by atoms with Crippen molar-refractivity contribution in [2.75, 3.05) is 18.5 Å². The second kappa shape index (κ2) is 9.33. The number of esters is 1. The first kappa shape index (κ1) is 22.9. The van der Waals surface area contributed by atoms with E-state index in [4.69, 9.17) is 4.74 Å². The summed E-state index contributed by atoms with van der Waals surface area (Å²) in [6.45, 7) is 4.19. The van der Waals surface area contributed by atoms with Crippen LogP contribution in [-0.2, 0) is 32.4 Å². The van der Waals surface area contributed by atoms with E-state index in [1.807, 2.05) is 6.92 Å². The number of thiophene rings is 1. The van der Waals surface area contributed by atoms with Crippen LogP contribution in [0.15, 0.2) is 29.2 Å². The van der Waals surface area contributed by atoms with Crippen LogP contribution in [0.1, 0.15) is 59.0 Å². The van der Waals surface area contributed by atoms with Gasteiger partial charge in [-0.15, -0.1) is 11.3 Å². The number of nitrogens with zero attached hydrogens (tertiary/aromatic N) is 1. The number of carbonyl (C=O) groups excluding carboxylic acids is 2. The summed E-state index contributed by atoms with van der Waals surface area (Å²) < 4.78 is 32.9. The summed E-state index contributed by atoms with van der Waals surface area (Å²) in [6.07, 6.45) is 4.75. The van der Waals surface area contributed by atoms with Crippen molar-refractivity contribution in [3.05, 3.63) is 45.8 Å². The number of hydrogen-bond donors (Lipinski definition) is 1. The molecule has 4 rings (SSSR count). The molecule has 0 spiro atoms. The number of sulfonamides is 1. The normalized spacial score (nSPS) is 18.9. The molecule has 2 aromatic rings. The highest BCUT2D eigenvalue weighted by atomic mass is 32.2.